The Morgan fingerprint density at radius 1 is 1.00 bits per heavy atom. The van der Waals surface area contributed by atoms with Crippen LogP contribution in [0.2, 0.25) is 0 Å². The maximum atomic E-state index is 10.9. The van der Waals surface area contributed by atoms with Gasteiger partial charge in [-0.3, -0.25) is 0 Å². The number of rotatable bonds is 2. The van der Waals surface area contributed by atoms with E-state index in [1.807, 2.05) is 12.2 Å². The average molecular weight is 303 g/mol. The van der Waals surface area contributed by atoms with Crippen molar-refractivity contribution in [2.24, 2.45) is 0 Å². The third kappa shape index (κ3) is 2.09. The molecule has 0 aromatic carbocycles. The zero-order valence-corrected chi connectivity index (χ0v) is 11.9. The molecule has 2 aliphatic heterocycles. The van der Waals surface area contributed by atoms with Crippen molar-refractivity contribution in [3.63, 3.8) is 0 Å². The van der Waals surface area contributed by atoms with Gasteiger partial charge < -0.3 is 0 Å². The summed E-state index contributed by atoms with van der Waals surface area (Å²) >= 11 is -2.55. The quantitative estimate of drug-likeness (QED) is 0.543. The number of hydrogen-bond donors (Lipinski definition) is 0. The van der Waals surface area contributed by atoms with Gasteiger partial charge in [-0.15, -0.1) is 0 Å². The summed E-state index contributed by atoms with van der Waals surface area (Å²) in [5.74, 6) is 0. The third-order valence-electron chi connectivity index (χ3n) is 2.17. The topological polar surface area (TPSA) is 17.1 Å². The number of aldehydes is 1. The summed E-state index contributed by atoms with van der Waals surface area (Å²) in [5.41, 5.74) is 0. The molecule has 0 saturated carbocycles. The Morgan fingerprint density at radius 2 is 1.86 bits per heavy atom. The molecule has 0 unspecified atom stereocenters. The van der Waals surface area contributed by atoms with Crippen molar-refractivity contribution in [1.82, 2.24) is 0 Å². The Hall–Kier alpha value is -0.544. The Bertz CT molecular complexity index is 434. The first kappa shape index (κ1) is 9.99. The second-order valence-corrected chi connectivity index (χ2v) is 22.2. The van der Waals surface area contributed by atoms with Gasteiger partial charge in [0.25, 0.3) is 0 Å². The van der Waals surface area contributed by atoms with Crippen LogP contribution in [0.4, 0.5) is 0 Å². The van der Waals surface area contributed by atoms with Gasteiger partial charge in [-0.2, -0.15) is 0 Å². The fourth-order valence-electron chi connectivity index (χ4n) is 1.48. The van der Waals surface area contributed by atoms with Crippen molar-refractivity contribution in [2.45, 2.75) is 0 Å². The van der Waals surface area contributed by atoms with E-state index in [0.717, 1.165) is 10.7 Å². The van der Waals surface area contributed by atoms with Gasteiger partial charge in [0.1, 0.15) is 0 Å². The molecule has 1 nitrogen and oxygen atoms in total. The first-order valence-corrected chi connectivity index (χ1v) is 15.7. The molecule has 0 N–H and O–H groups in total. The molecule has 0 saturated heterocycles. The summed E-state index contributed by atoms with van der Waals surface area (Å²) in [6.07, 6.45) is 13.5. The molecule has 0 bridgehead atoms. The fourth-order valence-corrected chi connectivity index (χ4v) is 21.1. The van der Waals surface area contributed by atoms with Crippen LogP contribution in [0.1, 0.15) is 0 Å². The van der Waals surface area contributed by atoms with E-state index in [1.54, 1.807) is 0 Å². The van der Waals surface area contributed by atoms with Crippen LogP contribution in [-0.4, -0.2) is 39.9 Å². The molecular formula is C11H10Ge2O. The third-order valence-corrected chi connectivity index (χ3v) is 24.2. The van der Waals surface area contributed by atoms with Crippen molar-refractivity contribution in [2.75, 3.05) is 0 Å². The van der Waals surface area contributed by atoms with Crippen LogP contribution in [-0.2, 0) is 4.79 Å². The van der Waals surface area contributed by atoms with Gasteiger partial charge in [0, 0.05) is 0 Å². The Labute approximate surface area is 90.2 Å². The first-order valence-electron chi connectivity index (χ1n) is 4.51. The summed E-state index contributed by atoms with van der Waals surface area (Å²) in [4.78, 5) is 17.9. The van der Waals surface area contributed by atoms with Crippen molar-refractivity contribution in [3.8, 4) is 0 Å². The zero-order chi connectivity index (χ0) is 9.80. The van der Waals surface area contributed by atoms with Crippen molar-refractivity contribution < 1.29 is 4.79 Å². The van der Waals surface area contributed by atoms with Crippen LogP contribution in [0.3, 0.4) is 0 Å². The molecule has 0 aromatic rings. The van der Waals surface area contributed by atoms with Gasteiger partial charge in [-0.25, -0.2) is 0 Å². The van der Waals surface area contributed by atoms with Gasteiger partial charge in [0.15, 0.2) is 0 Å². The summed E-state index contributed by atoms with van der Waals surface area (Å²) in [5, 5.41) is 0. The van der Waals surface area contributed by atoms with E-state index in [2.05, 4.69) is 38.9 Å². The second-order valence-electron chi connectivity index (χ2n) is 3.07. The number of carbonyl (C=O) groups is 1. The molecule has 2 heterocycles. The molecule has 0 aliphatic carbocycles. The van der Waals surface area contributed by atoms with E-state index >= 15 is 0 Å². The van der Waals surface area contributed by atoms with Gasteiger partial charge in [-0.1, -0.05) is 0 Å². The Kier molecular flexibility index (Phi) is 3.42. The number of allylic oxidation sites excluding steroid dienone is 7. The molecule has 3 heteroatoms. The molecular weight excluding hydrogens is 293 g/mol. The molecule has 14 heavy (non-hydrogen) atoms. The van der Waals surface area contributed by atoms with E-state index in [9.17, 15) is 4.79 Å². The van der Waals surface area contributed by atoms with Crippen LogP contribution in [0, 0.1) is 0 Å². The van der Waals surface area contributed by atoms with E-state index in [-0.39, 0.29) is 0 Å². The summed E-state index contributed by atoms with van der Waals surface area (Å²) < 4.78 is 1.10. The standard InChI is InChI=1S/C11H10Ge2O/c14-10-11-6-2-5-9-13(11)12-7-3-1-4-8-12/h1-10H. The van der Waals surface area contributed by atoms with Crippen LogP contribution < -0.4 is 0 Å². The van der Waals surface area contributed by atoms with E-state index in [4.69, 9.17) is 0 Å². The van der Waals surface area contributed by atoms with Crippen molar-refractivity contribution in [3.05, 3.63) is 45.8 Å². The van der Waals surface area contributed by atoms with Crippen LogP contribution >= 0.6 is 0 Å². The number of carbonyl (C=O) groups excluding carboxylic acids is 1. The molecule has 68 valence electrons. The predicted octanol–water partition coefficient (Wildman–Crippen LogP) is 0.722. The molecule has 0 atom stereocenters. The van der Waals surface area contributed by atoms with Crippen LogP contribution in [0.15, 0.2) is 45.8 Å². The molecule has 0 aromatic heterocycles. The molecule has 0 radical (unpaired) electrons. The Balaban J connectivity index is 2.40. The fraction of sp³-hybridized carbons (Fsp3) is 0. The Morgan fingerprint density at radius 3 is 2.57 bits per heavy atom. The van der Waals surface area contributed by atoms with Crippen LogP contribution in [0.5, 0.6) is 0 Å². The van der Waals surface area contributed by atoms with Gasteiger partial charge >= 0.3 is 90.4 Å². The zero-order valence-electron chi connectivity index (χ0n) is 7.68. The van der Waals surface area contributed by atoms with E-state index < -0.39 is 23.9 Å². The molecule has 0 amide bonds. The second kappa shape index (κ2) is 4.80. The SMILES string of the molecule is O=C[C]1=CC=C[CH]=[Ge]1[Ge]1=[CH]C=CC=[CH]1. The first-order chi connectivity index (χ1) is 6.92. The maximum absolute atomic E-state index is 10.9. The minimum absolute atomic E-state index is 1.06. The summed E-state index contributed by atoms with van der Waals surface area (Å²) in [6, 6.07) is 0. The molecule has 0 fully saturated rings. The van der Waals surface area contributed by atoms with Gasteiger partial charge in [0.2, 0.25) is 0 Å². The van der Waals surface area contributed by atoms with Crippen LogP contribution in [0.25, 0.3) is 0 Å². The monoisotopic (exact) mass is 306 g/mol. The van der Waals surface area contributed by atoms with Crippen molar-refractivity contribution in [1.29, 1.82) is 0 Å². The molecule has 0 spiro atoms. The normalized spacial score (nSPS) is 18.7. The molecule has 2 rings (SSSR count). The predicted molar refractivity (Wildman–Crippen MR) is 65.2 cm³/mol. The van der Waals surface area contributed by atoms with Crippen molar-refractivity contribution >= 4 is 39.9 Å². The van der Waals surface area contributed by atoms with E-state index in [1.165, 1.54) is 0 Å². The summed E-state index contributed by atoms with van der Waals surface area (Å²) in [6.45, 7) is 0. The van der Waals surface area contributed by atoms with Gasteiger partial charge in [-0.05, 0) is 0 Å². The average Bonchev–Trinajstić information content (AvgIpc) is 2.30. The number of hydrogen-bond acceptors (Lipinski definition) is 1. The molecule has 2 aliphatic rings. The summed E-state index contributed by atoms with van der Waals surface area (Å²) in [7, 11) is 0. The minimum atomic E-state index is -1.36. The van der Waals surface area contributed by atoms with Gasteiger partial charge in [0.05, 0.1) is 0 Å². The van der Waals surface area contributed by atoms with E-state index in [0.29, 0.717) is 0 Å².